The second-order valence-corrected chi connectivity index (χ2v) is 7.12. The van der Waals surface area contributed by atoms with Crippen LogP contribution in [-0.2, 0) is 5.16 Å². The van der Waals surface area contributed by atoms with Crippen molar-refractivity contribution < 1.29 is 18.9 Å². The van der Waals surface area contributed by atoms with Crippen molar-refractivity contribution >= 4 is 9.24 Å². The second-order valence-electron chi connectivity index (χ2n) is 6.25. The number of methoxy groups -OCH3 is 4. The van der Waals surface area contributed by atoms with Crippen molar-refractivity contribution in [2.45, 2.75) is 5.16 Å². The topological polar surface area (TPSA) is 36.9 Å². The Morgan fingerprint density at radius 3 is 1.21 bits per heavy atom. The Kier molecular flexibility index (Phi) is 6.11. The van der Waals surface area contributed by atoms with Gasteiger partial charge >= 0.3 is 0 Å². The Morgan fingerprint density at radius 2 is 0.893 bits per heavy atom. The van der Waals surface area contributed by atoms with Crippen molar-refractivity contribution in [3.05, 3.63) is 83.4 Å². The number of benzene rings is 3. The van der Waals surface area contributed by atoms with Gasteiger partial charge in [0.1, 0.15) is 23.0 Å². The zero-order chi connectivity index (χ0) is 20.1. The second kappa shape index (κ2) is 8.53. The summed E-state index contributed by atoms with van der Waals surface area (Å²) in [6.45, 7) is 0. The SMILES string of the molecule is COc1cccc(OC)c1C(P)(c1ccccc1)c1c(OC)cccc1OC. The maximum atomic E-state index is 5.75. The highest BCUT2D eigenvalue weighted by molar-refractivity contribution is 7.19. The van der Waals surface area contributed by atoms with E-state index in [2.05, 4.69) is 21.4 Å². The van der Waals surface area contributed by atoms with Crippen molar-refractivity contribution in [3.8, 4) is 23.0 Å². The van der Waals surface area contributed by atoms with Crippen LogP contribution in [0.5, 0.6) is 23.0 Å². The summed E-state index contributed by atoms with van der Waals surface area (Å²) in [6.07, 6.45) is 0. The van der Waals surface area contributed by atoms with Gasteiger partial charge in [-0.25, -0.2) is 0 Å². The summed E-state index contributed by atoms with van der Waals surface area (Å²) in [4.78, 5) is 0. The van der Waals surface area contributed by atoms with Gasteiger partial charge in [-0.2, -0.15) is 0 Å². The predicted molar refractivity (Wildman–Crippen MR) is 115 cm³/mol. The van der Waals surface area contributed by atoms with E-state index in [9.17, 15) is 0 Å². The summed E-state index contributed by atoms with van der Waals surface area (Å²) < 4.78 is 23.0. The molecule has 0 spiro atoms. The Bertz CT molecular complexity index is 841. The molecule has 3 rings (SSSR count). The molecule has 0 heterocycles. The summed E-state index contributed by atoms with van der Waals surface area (Å²) >= 11 is 0. The van der Waals surface area contributed by atoms with Crippen molar-refractivity contribution in [3.63, 3.8) is 0 Å². The molecule has 0 radical (unpaired) electrons. The van der Waals surface area contributed by atoms with Gasteiger partial charge < -0.3 is 18.9 Å². The maximum Gasteiger partial charge on any atom is 0.127 e. The van der Waals surface area contributed by atoms with Gasteiger partial charge in [0.2, 0.25) is 0 Å². The molecule has 0 amide bonds. The van der Waals surface area contributed by atoms with Gasteiger partial charge in [-0.3, -0.25) is 0 Å². The molecule has 5 heteroatoms. The Morgan fingerprint density at radius 1 is 0.536 bits per heavy atom. The first-order valence-electron chi connectivity index (χ1n) is 8.89. The molecule has 0 aliphatic heterocycles. The number of ether oxygens (including phenoxy) is 4. The average molecular weight is 396 g/mol. The molecule has 0 saturated carbocycles. The first-order valence-corrected chi connectivity index (χ1v) is 9.46. The molecule has 4 nitrogen and oxygen atoms in total. The molecular formula is C23H25O4P. The van der Waals surface area contributed by atoms with E-state index in [1.807, 2.05) is 54.6 Å². The van der Waals surface area contributed by atoms with Crippen molar-refractivity contribution in [2.75, 3.05) is 28.4 Å². The van der Waals surface area contributed by atoms with E-state index in [0.29, 0.717) is 23.0 Å². The van der Waals surface area contributed by atoms with Gasteiger partial charge in [-0.15, -0.1) is 9.24 Å². The van der Waals surface area contributed by atoms with E-state index in [1.54, 1.807) is 28.4 Å². The van der Waals surface area contributed by atoms with Crippen LogP contribution in [-0.4, -0.2) is 28.4 Å². The summed E-state index contributed by atoms with van der Waals surface area (Å²) in [7, 11) is 9.63. The zero-order valence-electron chi connectivity index (χ0n) is 16.6. The van der Waals surface area contributed by atoms with Crippen LogP contribution in [0, 0.1) is 0 Å². The normalized spacial score (nSPS) is 11.0. The van der Waals surface area contributed by atoms with Crippen LogP contribution in [0.1, 0.15) is 16.7 Å². The molecule has 0 N–H and O–H groups in total. The van der Waals surface area contributed by atoms with E-state index in [-0.39, 0.29) is 0 Å². The van der Waals surface area contributed by atoms with Gasteiger partial charge in [0, 0.05) is 0 Å². The molecule has 3 aromatic carbocycles. The smallest absolute Gasteiger partial charge is 0.127 e. The van der Waals surface area contributed by atoms with E-state index < -0.39 is 5.16 Å². The molecular weight excluding hydrogens is 371 g/mol. The fraction of sp³-hybridized carbons (Fsp3) is 0.217. The first-order chi connectivity index (χ1) is 13.6. The number of hydrogen-bond acceptors (Lipinski definition) is 4. The Balaban J connectivity index is 2.49. The minimum atomic E-state index is -0.739. The summed E-state index contributed by atoms with van der Waals surface area (Å²) in [6, 6.07) is 21.7. The zero-order valence-corrected chi connectivity index (χ0v) is 17.7. The highest BCUT2D eigenvalue weighted by Gasteiger charge is 2.41. The minimum Gasteiger partial charge on any atom is -0.496 e. The van der Waals surface area contributed by atoms with Crippen LogP contribution in [0.4, 0.5) is 0 Å². The van der Waals surface area contributed by atoms with Crippen LogP contribution >= 0.6 is 9.24 Å². The minimum absolute atomic E-state index is 0.714. The van der Waals surface area contributed by atoms with Crippen LogP contribution in [0.2, 0.25) is 0 Å². The molecule has 28 heavy (non-hydrogen) atoms. The predicted octanol–water partition coefficient (Wildman–Crippen LogP) is 4.89. The lowest BCUT2D eigenvalue weighted by Crippen LogP contribution is -2.25. The lowest BCUT2D eigenvalue weighted by molar-refractivity contribution is 0.369. The maximum absolute atomic E-state index is 5.75. The molecule has 1 atom stereocenters. The van der Waals surface area contributed by atoms with Gasteiger partial charge in [-0.1, -0.05) is 42.5 Å². The summed E-state index contributed by atoms with van der Waals surface area (Å²) in [5.74, 6) is 2.86. The van der Waals surface area contributed by atoms with Gasteiger partial charge in [0.15, 0.2) is 0 Å². The van der Waals surface area contributed by atoms with E-state index in [4.69, 9.17) is 18.9 Å². The fourth-order valence-electron chi connectivity index (χ4n) is 3.59. The van der Waals surface area contributed by atoms with Crippen LogP contribution < -0.4 is 18.9 Å². The Labute approximate surface area is 168 Å². The first kappa shape index (κ1) is 20.0. The van der Waals surface area contributed by atoms with E-state index in [0.717, 1.165) is 16.7 Å². The molecule has 1 unspecified atom stereocenters. The summed E-state index contributed by atoms with van der Waals surface area (Å²) in [5, 5.41) is -0.739. The molecule has 0 aliphatic rings. The number of hydrogen-bond donors (Lipinski definition) is 0. The molecule has 0 saturated heterocycles. The van der Waals surface area contributed by atoms with Crippen LogP contribution in [0.25, 0.3) is 0 Å². The van der Waals surface area contributed by atoms with Crippen molar-refractivity contribution in [2.24, 2.45) is 0 Å². The molecule has 0 fully saturated rings. The quantitative estimate of drug-likeness (QED) is 0.421. The monoisotopic (exact) mass is 396 g/mol. The average Bonchev–Trinajstić information content (AvgIpc) is 2.77. The summed E-state index contributed by atoms with van der Waals surface area (Å²) in [5.41, 5.74) is 2.78. The van der Waals surface area contributed by atoms with E-state index in [1.165, 1.54) is 0 Å². The third-order valence-electron chi connectivity index (χ3n) is 4.87. The third-order valence-corrected chi connectivity index (χ3v) is 5.78. The molecule has 0 aliphatic carbocycles. The highest BCUT2D eigenvalue weighted by Crippen LogP contribution is 2.56. The molecule has 3 aromatic rings. The third kappa shape index (κ3) is 3.29. The largest absolute Gasteiger partial charge is 0.496 e. The molecule has 146 valence electrons. The van der Waals surface area contributed by atoms with Crippen molar-refractivity contribution in [1.82, 2.24) is 0 Å². The van der Waals surface area contributed by atoms with Gasteiger partial charge in [-0.05, 0) is 29.8 Å². The van der Waals surface area contributed by atoms with E-state index >= 15 is 0 Å². The van der Waals surface area contributed by atoms with Gasteiger partial charge in [0.05, 0.1) is 44.7 Å². The Hall–Kier alpha value is -2.71. The van der Waals surface area contributed by atoms with Crippen molar-refractivity contribution in [1.29, 1.82) is 0 Å². The lowest BCUT2D eigenvalue weighted by atomic mass is 9.81. The highest BCUT2D eigenvalue weighted by atomic mass is 31.0. The standard InChI is InChI=1S/C23H25O4P/c1-24-17-12-8-13-18(25-2)21(17)23(28,16-10-6-5-7-11-16)22-19(26-3)14-9-15-20(22)27-4/h5-15H,28H2,1-4H3. The van der Waals surface area contributed by atoms with Gasteiger partial charge in [0.25, 0.3) is 0 Å². The lowest BCUT2D eigenvalue weighted by Gasteiger charge is -2.35. The molecule has 0 aromatic heterocycles. The number of rotatable bonds is 7. The fourth-order valence-corrected chi connectivity index (χ4v) is 4.36. The van der Waals surface area contributed by atoms with Crippen LogP contribution in [0.3, 0.4) is 0 Å². The molecule has 0 bridgehead atoms. The van der Waals surface area contributed by atoms with Crippen LogP contribution in [0.15, 0.2) is 66.7 Å².